The number of pyridine rings is 1. The van der Waals surface area contributed by atoms with Gasteiger partial charge in [0.25, 0.3) is 0 Å². The Bertz CT molecular complexity index is 470. The summed E-state index contributed by atoms with van der Waals surface area (Å²) in [7, 11) is 0. The predicted molar refractivity (Wildman–Crippen MR) is 70.2 cm³/mol. The van der Waals surface area contributed by atoms with E-state index < -0.39 is 5.97 Å². The average molecular weight is 263 g/mol. The fourth-order valence-corrected chi connectivity index (χ4v) is 2.25. The highest BCUT2D eigenvalue weighted by Gasteiger charge is 2.15. The van der Waals surface area contributed by atoms with Gasteiger partial charge >= 0.3 is 12.0 Å². The highest BCUT2D eigenvalue weighted by atomic mass is 16.4. The third-order valence-electron chi connectivity index (χ3n) is 3.27. The van der Waals surface area contributed by atoms with Crippen molar-refractivity contribution in [1.82, 2.24) is 10.3 Å². The molecule has 0 saturated heterocycles. The Morgan fingerprint density at radius 3 is 2.74 bits per heavy atom. The van der Waals surface area contributed by atoms with Crippen LogP contribution in [0.5, 0.6) is 0 Å². The van der Waals surface area contributed by atoms with Gasteiger partial charge in [0.15, 0.2) is 0 Å². The Labute approximate surface area is 111 Å². The van der Waals surface area contributed by atoms with Crippen molar-refractivity contribution in [2.75, 3.05) is 11.9 Å². The topological polar surface area (TPSA) is 91.3 Å². The van der Waals surface area contributed by atoms with E-state index >= 15 is 0 Å². The van der Waals surface area contributed by atoms with Gasteiger partial charge in [-0.15, -0.1) is 0 Å². The number of rotatable bonds is 4. The number of carbonyl (C=O) groups excluding carboxylic acids is 1. The molecule has 0 unspecified atom stereocenters. The van der Waals surface area contributed by atoms with Gasteiger partial charge in [0.2, 0.25) is 0 Å². The molecule has 1 aromatic rings. The van der Waals surface area contributed by atoms with Crippen LogP contribution in [0.3, 0.4) is 0 Å². The van der Waals surface area contributed by atoms with Gasteiger partial charge in [-0.2, -0.15) is 0 Å². The molecular formula is C13H17N3O3. The lowest BCUT2D eigenvalue weighted by Crippen LogP contribution is -2.32. The van der Waals surface area contributed by atoms with Crippen LogP contribution in [0.15, 0.2) is 18.5 Å². The monoisotopic (exact) mass is 263 g/mol. The number of carboxylic acids is 1. The van der Waals surface area contributed by atoms with E-state index in [4.69, 9.17) is 5.11 Å². The highest BCUT2D eigenvalue weighted by Crippen LogP contribution is 2.23. The maximum absolute atomic E-state index is 11.7. The van der Waals surface area contributed by atoms with E-state index in [1.807, 2.05) is 0 Å². The minimum Gasteiger partial charge on any atom is -0.478 e. The molecular weight excluding hydrogens is 246 g/mol. The first-order chi connectivity index (χ1) is 9.15. The van der Waals surface area contributed by atoms with E-state index in [-0.39, 0.29) is 11.6 Å². The lowest BCUT2D eigenvalue weighted by Gasteiger charge is -2.11. The SMILES string of the molecule is O=C(NCC1CCCC1)Nc1cncc(C(=O)O)c1. The number of urea groups is 1. The van der Waals surface area contributed by atoms with Crippen LogP contribution >= 0.6 is 0 Å². The molecule has 1 saturated carbocycles. The predicted octanol–water partition coefficient (Wildman–Crippen LogP) is 2.09. The molecule has 0 atom stereocenters. The number of aromatic nitrogens is 1. The van der Waals surface area contributed by atoms with Gasteiger partial charge < -0.3 is 15.7 Å². The van der Waals surface area contributed by atoms with Crippen molar-refractivity contribution in [2.45, 2.75) is 25.7 Å². The van der Waals surface area contributed by atoms with Crippen molar-refractivity contribution in [3.8, 4) is 0 Å². The summed E-state index contributed by atoms with van der Waals surface area (Å²) in [6, 6.07) is 1.06. The number of nitrogens with one attached hydrogen (secondary N) is 2. The smallest absolute Gasteiger partial charge is 0.337 e. The minimum atomic E-state index is -1.07. The van der Waals surface area contributed by atoms with Crippen LogP contribution in [0.2, 0.25) is 0 Å². The number of carboxylic acid groups (broad SMARTS) is 1. The molecule has 0 spiro atoms. The van der Waals surface area contributed by atoms with Gasteiger partial charge in [-0.1, -0.05) is 12.8 Å². The molecule has 2 rings (SSSR count). The van der Waals surface area contributed by atoms with E-state index in [0.717, 1.165) is 12.8 Å². The molecule has 6 nitrogen and oxygen atoms in total. The second-order valence-corrected chi connectivity index (χ2v) is 4.75. The number of hydrogen-bond donors (Lipinski definition) is 3. The molecule has 2 amide bonds. The van der Waals surface area contributed by atoms with Crippen LogP contribution in [-0.2, 0) is 0 Å². The van der Waals surface area contributed by atoms with Crippen molar-refractivity contribution in [3.05, 3.63) is 24.0 Å². The summed E-state index contributed by atoms with van der Waals surface area (Å²) < 4.78 is 0. The molecule has 1 fully saturated rings. The molecule has 3 N–H and O–H groups in total. The molecule has 102 valence electrons. The Morgan fingerprint density at radius 1 is 1.32 bits per heavy atom. The van der Waals surface area contributed by atoms with Crippen LogP contribution in [-0.4, -0.2) is 28.6 Å². The van der Waals surface area contributed by atoms with E-state index in [9.17, 15) is 9.59 Å². The highest BCUT2D eigenvalue weighted by molar-refractivity contribution is 5.92. The van der Waals surface area contributed by atoms with Crippen molar-refractivity contribution in [2.24, 2.45) is 5.92 Å². The van der Waals surface area contributed by atoms with Gasteiger partial charge in [-0.25, -0.2) is 9.59 Å². The first kappa shape index (κ1) is 13.3. The van der Waals surface area contributed by atoms with Gasteiger partial charge in [0, 0.05) is 12.7 Å². The Kier molecular flexibility index (Phi) is 4.33. The number of anilines is 1. The molecule has 0 aromatic carbocycles. The van der Waals surface area contributed by atoms with Crippen molar-refractivity contribution in [3.63, 3.8) is 0 Å². The first-order valence-electron chi connectivity index (χ1n) is 6.38. The van der Waals surface area contributed by atoms with E-state index in [1.165, 1.54) is 31.3 Å². The molecule has 0 aliphatic heterocycles. The molecule has 1 aromatic heterocycles. The normalized spacial score (nSPS) is 15.2. The van der Waals surface area contributed by atoms with E-state index in [2.05, 4.69) is 15.6 Å². The van der Waals surface area contributed by atoms with Crippen molar-refractivity contribution >= 4 is 17.7 Å². The quantitative estimate of drug-likeness (QED) is 0.775. The maximum Gasteiger partial charge on any atom is 0.337 e. The van der Waals surface area contributed by atoms with Crippen molar-refractivity contribution < 1.29 is 14.7 Å². The summed E-state index contributed by atoms with van der Waals surface area (Å²) >= 11 is 0. The lowest BCUT2D eigenvalue weighted by molar-refractivity contribution is 0.0696. The largest absolute Gasteiger partial charge is 0.478 e. The number of carbonyl (C=O) groups is 2. The summed E-state index contributed by atoms with van der Waals surface area (Å²) in [4.78, 5) is 26.2. The Hall–Kier alpha value is -2.11. The van der Waals surface area contributed by atoms with Gasteiger partial charge in [0.05, 0.1) is 17.4 Å². The number of nitrogens with zero attached hydrogens (tertiary/aromatic N) is 1. The molecule has 0 bridgehead atoms. The third kappa shape index (κ3) is 3.94. The van der Waals surface area contributed by atoms with Crippen LogP contribution in [0, 0.1) is 5.92 Å². The molecule has 1 heterocycles. The molecule has 6 heteroatoms. The van der Waals surface area contributed by atoms with Crippen LogP contribution < -0.4 is 10.6 Å². The van der Waals surface area contributed by atoms with Gasteiger partial charge in [0.1, 0.15) is 0 Å². The second kappa shape index (κ2) is 6.17. The maximum atomic E-state index is 11.7. The summed E-state index contributed by atoms with van der Waals surface area (Å²) in [5.41, 5.74) is 0.428. The zero-order valence-corrected chi connectivity index (χ0v) is 10.6. The fourth-order valence-electron chi connectivity index (χ4n) is 2.25. The molecule has 0 radical (unpaired) electrons. The van der Waals surface area contributed by atoms with E-state index in [1.54, 1.807) is 0 Å². The van der Waals surface area contributed by atoms with Crippen LogP contribution in [0.4, 0.5) is 10.5 Å². The standard InChI is InChI=1S/C13H17N3O3/c17-12(18)10-5-11(8-14-7-10)16-13(19)15-6-9-3-1-2-4-9/h5,7-9H,1-4,6H2,(H,17,18)(H2,15,16,19). The molecule has 19 heavy (non-hydrogen) atoms. The molecule has 1 aliphatic carbocycles. The zero-order valence-electron chi connectivity index (χ0n) is 10.6. The summed E-state index contributed by atoms with van der Waals surface area (Å²) in [6.45, 7) is 0.665. The summed E-state index contributed by atoms with van der Waals surface area (Å²) in [5, 5.41) is 14.2. The zero-order chi connectivity index (χ0) is 13.7. The fraction of sp³-hybridized carbons (Fsp3) is 0.462. The van der Waals surface area contributed by atoms with Crippen LogP contribution in [0.1, 0.15) is 36.0 Å². The summed E-state index contributed by atoms with van der Waals surface area (Å²) in [5.74, 6) is -0.503. The number of amides is 2. The Balaban J connectivity index is 1.84. The lowest BCUT2D eigenvalue weighted by atomic mass is 10.1. The number of aromatic carboxylic acids is 1. The first-order valence-corrected chi connectivity index (χ1v) is 6.38. The molecule has 1 aliphatic rings. The van der Waals surface area contributed by atoms with Gasteiger partial charge in [-0.3, -0.25) is 4.98 Å². The summed E-state index contributed by atoms with van der Waals surface area (Å²) in [6.07, 6.45) is 7.45. The number of hydrogen-bond acceptors (Lipinski definition) is 3. The average Bonchev–Trinajstić information content (AvgIpc) is 2.90. The van der Waals surface area contributed by atoms with Crippen LogP contribution in [0.25, 0.3) is 0 Å². The minimum absolute atomic E-state index is 0.0496. The third-order valence-corrected chi connectivity index (χ3v) is 3.27. The van der Waals surface area contributed by atoms with Crippen molar-refractivity contribution in [1.29, 1.82) is 0 Å². The second-order valence-electron chi connectivity index (χ2n) is 4.75. The van der Waals surface area contributed by atoms with E-state index in [0.29, 0.717) is 18.2 Å². The van der Waals surface area contributed by atoms with Gasteiger partial charge in [-0.05, 0) is 24.8 Å². The Morgan fingerprint density at radius 2 is 2.05 bits per heavy atom.